The Kier molecular flexibility index (Phi) is 4.47. The molecule has 0 saturated carbocycles. The fourth-order valence-corrected chi connectivity index (χ4v) is 4.00. The molecule has 4 rings (SSSR count). The minimum absolute atomic E-state index is 0.108. The predicted octanol–water partition coefficient (Wildman–Crippen LogP) is 4.85. The first kappa shape index (κ1) is 18.1. The molecular weight excluding hydrogens is 358 g/mol. The Bertz CT molecular complexity index is 985. The number of likely N-dealkylation sites (tertiary alicyclic amines) is 1. The molecule has 1 aliphatic heterocycles. The van der Waals surface area contributed by atoms with Crippen LogP contribution in [0.1, 0.15) is 44.5 Å². The SMILES string of the molecule is CC(C)(C)N1C[C@H](c2nc3ccccc3n2Cc2ccc(Cl)cc2)CC1=O. The zero-order chi connectivity index (χ0) is 19.2. The number of imidazole rings is 1. The number of benzene rings is 2. The molecule has 2 heterocycles. The molecule has 1 atom stereocenters. The molecule has 0 N–H and O–H groups in total. The van der Waals surface area contributed by atoms with Gasteiger partial charge in [-0.1, -0.05) is 35.9 Å². The molecule has 27 heavy (non-hydrogen) atoms. The molecule has 1 amide bonds. The average Bonchev–Trinajstić information content (AvgIpc) is 3.18. The van der Waals surface area contributed by atoms with E-state index in [0.717, 1.165) is 21.9 Å². The normalized spacial score (nSPS) is 17.9. The van der Waals surface area contributed by atoms with Crippen LogP contribution in [0, 0.1) is 0 Å². The van der Waals surface area contributed by atoms with Gasteiger partial charge in [0.1, 0.15) is 5.82 Å². The van der Waals surface area contributed by atoms with E-state index in [-0.39, 0.29) is 17.4 Å². The maximum absolute atomic E-state index is 12.6. The van der Waals surface area contributed by atoms with E-state index in [1.165, 1.54) is 5.56 Å². The summed E-state index contributed by atoms with van der Waals surface area (Å²) in [6.07, 6.45) is 0.515. The number of rotatable bonds is 3. The van der Waals surface area contributed by atoms with Crippen LogP contribution in [0.15, 0.2) is 48.5 Å². The summed E-state index contributed by atoms with van der Waals surface area (Å²) in [6, 6.07) is 16.1. The van der Waals surface area contributed by atoms with E-state index < -0.39 is 0 Å². The molecule has 5 heteroatoms. The number of para-hydroxylation sites is 2. The van der Waals surface area contributed by atoms with Crippen molar-refractivity contribution in [3.63, 3.8) is 0 Å². The highest BCUT2D eigenvalue weighted by Crippen LogP contribution is 2.34. The Morgan fingerprint density at radius 2 is 1.81 bits per heavy atom. The van der Waals surface area contributed by atoms with E-state index in [9.17, 15) is 4.79 Å². The molecule has 0 spiro atoms. The number of carbonyl (C=O) groups is 1. The van der Waals surface area contributed by atoms with Crippen molar-refractivity contribution in [3.8, 4) is 0 Å². The van der Waals surface area contributed by atoms with Gasteiger partial charge in [-0.05, 0) is 50.6 Å². The van der Waals surface area contributed by atoms with Crippen molar-refractivity contribution in [1.29, 1.82) is 0 Å². The Labute approximate surface area is 164 Å². The van der Waals surface area contributed by atoms with E-state index in [4.69, 9.17) is 16.6 Å². The van der Waals surface area contributed by atoms with Crippen LogP contribution < -0.4 is 0 Å². The van der Waals surface area contributed by atoms with E-state index in [2.05, 4.69) is 31.4 Å². The summed E-state index contributed by atoms with van der Waals surface area (Å²) >= 11 is 6.04. The topological polar surface area (TPSA) is 38.1 Å². The number of aromatic nitrogens is 2. The third-order valence-corrected chi connectivity index (χ3v) is 5.49. The molecule has 1 aliphatic rings. The van der Waals surface area contributed by atoms with Gasteiger partial charge in [-0.3, -0.25) is 4.79 Å². The molecular formula is C22H24ClN3O. The molecule has 140 valence electrons. The van der Waals surface area contributed by atoms with Crippen molar-refractivity contribution in [3.05, 3.63) is 64.9 Å². The Morgan fingerprint density at radius 1 is 1.11 bits per heavy atom. The van der Waals surface area contributed by atoms with Gasteiger partial charge >= 0.3 is 0 Å². The highest BCUT2D eigenvalue weighted by molar-refractivity contribution is 6.30. The second-order valence-corrected chi connectivity index (χ2v) is 8.68. The van der Waals surface area contributed by atoms with Gasteiger partial charge in [-0.25, -0.2) is 4.98 Å². The quantitative estimate of drug-likeness (QED) is 0.650. The van der Waals surface area contributed by atoms with Crippen LogP contribution in [-0.4, -0.2) is 32.4 Å². The first-order valence-corrected chi connectivity index (χ1v) is 9.71. The monoisotopic (exact) mass is 381 g/mol. The van der Waals surface area contributed by atoms with E-state index in [1.54, 1.807) is 0 Å². The molecule has 2 aromatic carbocycles. The van der Waals surface area contributed by atoms with Crippen molar-refractivity contribution in [2.45, 2.75) is 45.2 Å². The van der Waals surface area contributed by atoms with Crippen LogP contribution in [0.25, 0.3) is 11.0 Å². The molecule has 1 fully saturated rings. The molecule has 1 saturated heterocycles. The molecule has 1 aromatic heterocycles. The highest BCUT2D eigenvalue weighted by atomic mass is 35.5. The number of fused-ring (bicyclic) bond motifs is 1. The Morgan fingerprint density at radius 3 is 2.48 bits per heavy atom. The van der Waals surface area contributed by atoms with Crippen molar-refractivity contribution in [2.24, 2.45) is 0 Å². The number of hydrogen-bond donors (Lipinski definition) is 0. The van der Waals surface area contributed by atoms with Crippen LogP contribution in [0.4, 0.5) is 0 Å². The molecule has 3 aromatic rings. The van der Waals surface area contributed by atoms with Crippen LogP contribution >= 0.6 is 11.6 Å². The van der Waals surface area contributed by atoms with Crippen molar-refractivity contribution in [2.75, 3.05) is 6.54 Å². The molecule has 0 unspecified atom stereocenters. The van der Waals surface area contributed by atoms with Crippen LogP contribution in [0.5, 0.6) is 0 Å². The minimum Gasteiger partial charge on any atom is -0.337 e. The third-order valence-electron chi connectivity index (χ3n) is 5.24. The minimum atomic E-state index is -0.168. The van der Waals surface area contributed by atoms with Gasteiger partial charge in [0.15, 0.2) is 0 Å². The van der Waals surface area contributed by atoms with E-state index in [0.29, 0.717) is 19.5 Å². The smallest absolute Gasteiger partial charge is 0.223 e. The zero-order valence-corrected chi connectivity index (χ0v) is 16.7. The highest BCUT2D eigenvalue weighted by Gasteiger charge is 2.38. The largest absolute Gasteiger partial charge is 0.337 e. The van der Waals surface area contributed by atoms with Gasteiger partial charge in [-0.2, -0.15) is 0 Å². The number of amides is 1. The van der Waals surface area contributed by atoms with Gasteiger partial charge in [0.25, 0.3) is 0 Å². The second-order valence-electron chi connectivity index (χ2n) is 8.25. The number of hydrogen-bond acceptors (Lipinski definition) is 2. The number of carbonyl (C=O) groups excluding carboxylic acids is 1. The summed E-state index contributed by atoms with van der Waals surface area (Å²) < 4.78 is 2.25. The van der Waals surface area contributed by atoms with Gasteiger partial charge in [0.05, 0.1) is 11.0 Å². The molecule has 0 bridgehead atoms. The van der Waals surface area contributed by atoms with Crippen LogP contribution in [-0.2, 0) is 11.3 Å². The lowest BCUT2D eigenvalue weighted by Crippen LogP contribution is -2.42. The lowest BCUT2D eigenvalue weighted by atomic mass is 10.1. The van der Waals surface area contributed by atoms with Gasteiger partial charge in [-0.15, -0.1) is 0 Å². The number of halogens is 1. The summed E-state index contributed by atoms with van der Waals surface area (Å²) in [5.74, 6) is 1.31. The van der Waals surface area contributed by atoms with E-state index in [1.807, 2.05) is 47.4 Å². The van der Waals surface area contributed by atoms with Crippen LogP contribution in [0.2, 0.25) is 5.02 Å². The fraction of sp³-hybridized carbons (Fsp3) is 0.364. The van der Waals surface area contributed by atoms with E-state index >= 15 is 0 Å². The first-order chi connectivity index (χ1) is 12.8. The Balaban J connectivity index is 1.74. The summed E-state index contributed by atoms with van der Waals surface area (Å²) in [4.78, 5) is 19.5. The summed E-state index contributed by atoms with van der Waals surface area (Å²) in [6.45, 7) is 7.69. The van der Waals surface area contributed by atoms with Crippen molar-refractivity contribution >= 4 is 28.5 Å². The van der Waals surface area contributed by atoms with Crippen LogP contribution in [0.3, 0.4) is 0 Å². The lowest BCUT2D eigenvalue weighted by Gasteiger charge is -2.32. The lowest BCUT2D eigenvalue weighted by molar-refractivity contribution is -0.131. The Hall–Kier alpha value is -2.33. The number of nitrogens with zero attached hydrogens (tertiary/aromatic N) is 3. The summed E-state index contributed by atoms with van der Waals surface area (Å²) in [5.41, 5.74) is 3.08. The standard InChI is InChI=1S/C22H24ClN3O/c1-22(2,3)26-14-16(12-20(26)27)21-24-18-6-4-5-7-19(18)25(21)13-15-8-10-17(23)11-9-15/h4-11,16H,12-14H2,1-3H3/t16-/m1/s1. The molecule has 4 nitrogen and oxygen atoms in total. The molecule has 0 radical (unpaired) electrons. The zero-order valence-electron chi connectivity index (χ0n) is 15.9. The van der Waals surface area contributed by atoms with Gasteiger partial charge < -0.3 is 9.47 Å². The molecule has 0 aliphatic carbocycles. The summed E-state index contributed by atoms with van der Waals surface area (Å²) in [7, 11) is 0. The summed E-state index contributed by atoms with van der Waals surface area (Å²) in [5, 5.41) is 0.733. The fourth-order valence-electron chi connectivity index (χ4n) is 3.87. The maximum Gasteiger partial charge on any atom is 0.223 e. The van der Waals surface area contributed by atoms with Crippen molar-refractivity contribution in [1.82, 2.24) is 14.5 Å². The van der Waals surface area contributed by atoms with Gasteiger partial charge in [0, 0.05) is 36.0 Å². The average molecular weight is 382 g/mol. The predicted molar refractivity (Wildman–Crippen MR) is 109 cm³/mol. The maximum atomic E-state index is 12.6. The third kappa shape index (κ3) is 3.46. The second kappa shape index (κ2) is 6.68. The van der Waals surface area contributed by atoms with Crippen molar-refractivity contribution < 1.29 is 4.79 Å². The first-order valence-electron chi connectivity index (χ1n) is 9.33. The van der Waals surface area contributed by atoms with Gasteiger partial charge in [0.2, 0.25) is 5.91 Å².